The van der Waals surface area contributed by atoms with Gasteiger partial charge in [0.05, 0.1) is 54.9 Å². The number of fused-ring (bicyclic) bond motifs is 2. The second-order valence-corrected chi connectivity index (χ2v) is 14.4. The number of nitrogens with one attached hydrogen (secondary N) is 4. The van der Waals surface area contributed by atoms with Gasteiger partial charge in [-0.05, 0) is 81.0 Å². The van der Waals surface area contributed by atoms with Gasteiger partial charge in [0.15, 0.2) is 0 Å². The number of likely N-dealkylation sites (tertiary alicyclic amines) is 2. The van der Waals surface area contributed by atoms with Gasteiger partial charge in [0.2, 0.25) is 11.8 Å². The minimum atomic E-state index is -0.715. The zero-order valence-electron chi connectivity index (χ0n) is 30.4. The SMILES string of the molecule is COC(=O)N[C@@H](C)C(=O)N1CCC[C@H]1c1ncc(-c2ccc3cc(-c4ccc5nc([C@@H]6CCCN6C(=O)[C@@H](NC(=O)OC)C6CC6)[nH]c5c4)ncc3c2)[nH]1. The van der Waals surface area contributed by atoms with Gasteiger partial charge in [-0.15, -0.1) is 0 Å². The summed E-state index contributed by atoms with van der Waals surface area (Å²) in [7, 11) is 2.58. The number of hydrogen-bond donors (Lipinski definition) is 4. The number of imidazole rings is 2. The topological polar surface area (TPSA) is 188 Å². The van der Waals surface area contributed by atoms with Gasteiger partial charge in [0.25, 0.3) is 0 Å². The van der Waals surface area contributed by atoms with Gasteiger partial charge < -0.3 is 39.9 Å². The number of H-pyrrole nitrogens is 2. The molecule has 8 rings (SSSR count). The Labute approximate surface area is 311 Å². The molecule has 3 aromatic heterocycles. The molecule has 0 spiro atoms. The number of carbonyl (C=O) groups excluding carboxylic acids is 4. The first-order valence-electron chi connectivity index (χ1n) is 18.5. The van der Waals surface area contributed by atoms with Gasteiger partial charge >= 0.3 is 12.2 Å². The average Bonchev–Trinajstić information content (AvgIpc) is 3.62. The molecule has 0 radical (unpaired) electrons. The van der Waals surface area contributed by atoms with Crippen LogP contribution in [0.4, 0.5) is 9.59 Å². The van der Waals surface area contributed by atoms with E-state index in [2.05, 4.69) is 48.5 Å². The van der Waals surface area contributed by atoms with E-state index in [0.29, 0.717) is 18.9 Å². The minimum Gasteiger partial charge on any atom is -0.453 e. The molecule has 5 aromatic rings. The van der Waals surface area contributed by atoms with E-state index in [9.17, 15) is 19.2 Å². The summed E-state index contributed by atoms with van der Waals surface area (Å²) in [5.41, 5.74) is 5.20. The lowest BCUT2D eigenvalue weighted by molar-refractivity contribution is -0.135. The van der Waals surface area contributed by atoms with Crippen LogP contribution < -0.4 is 10.6 Å². The van der Waals surface area contributed by atoms with E-state index in [1.807, 2.05) is 35.4 Å². The molecule has 1 saturated carbocycles. The number of hydrogen-bond acceptors (Lipinski definition) is 9. The van der Waals surface area contributed by atoms with Crippen LogP contribution in [0.1, 0.15) is 69.2 Å². The molecule has 280 valence electrons. The molecule has 0 bridgehead atoms. The first kappa shape index (κ1) is 35.1. The van der Waals surface area contributed by atoms with Crippen LogP contribution in [-0.4, -0.2) is 98.1 Å². The van der Waals surface area contributed by atoms with Gasteiger partial charge in [0, 0.05) is 35.8 Å². The number of carbonyl (C=O) groups is 4. The monoisotopic (exact) mass is 733 g/mol. The van der Waals surface area contributed by atoms with Crippen LogP contribution in [-0.2, 0) is 19.1 Å². The highest BCUT2D eigenvalue weighted by molar-refractivity contribution is 5.91. The number of aromatic nitrogens is 5. The fraction of sp³-hybridized carbons (Fsp3) is 0.410. The van der Waals surface area contributed by atoms with Gasteiger partial charge in [-0.25, -0.2) is 19.6 Å². The predicted octanol–water partition coefficient (Wildman–Crippen LogP) is 5.37. The Morgan fingerprint density at radius 1 is 0.759 bits per heavy atom. The van der Waals surface area contributed by atoms with Crippen molar-refractivity contribution in [2.45, 2.75) is 69.6 Å². The van der Waals surface area contributed by atoms with Crippen molar-refractivity contribution in [3.63, 3.8) is 0 Å². The van der Waals surface area contributed by atoms with Crippen molar-refractivity contribution in [2.75, 3.05) is 27.3 Å². The fourth-order valence-electron chi connectivity index (χ4n) is 7.82. The number of nitrogens with zero attached hydrogens (tertiary/aromatic N) is 5. The second-order valence-electron chi connectivity index (χ2n) is 14.4. The molecule has 54 heavy (non-hydrogen) atoms. The maximum atomic E-state index is 13.6. The van der Waals surface area contributed by atoms with E-state index in [1.54, 1.807) is 18.0 Å². The third-order valence-electron chi connectivity index (χ3n) is 10.8. The summed E-state index contributed by atoms with van der Waals surface area (Å²) < 4.78 is 9.44. The van der Waals surface area contributed by atoms with Gasteiger partial charge in [-0.3, -0.25) is 14.6 Å². The van der Waals surface area contributed by atoms with Crippen molar-refractivity contribution in [1.29, 1.82) is 0 Å². The molecule has 5 heterocycles. The number of ether oxygens (including phenoxy) is 2. The number of amides is 4. The summed E-state index contributed by atoms with van der Waals surface area (Å²) in [6.45, 7) is 2.85. The molecule has 4 N–H and O–H groups in total. The summed E-state index contributed by atoms with van der Waals surface area (Å²) in [4.78, 5) is 75.3. The number of benzene rings is 2. The summed E-state index contributed by atoms with van der Waals surface area (Å²) in [5.74, 6) is 1.31. The number of aromatic amines is 2. The molecule has 1 aliphatic carbocycles. The van der Waals surface area contributed by atoms with Crippen molar-refractivity contribution in [3.05, 3.63) is 66.5 Å². The molecule has 0 unspecified atom stereocenters. The van der Waals surface area contributed by atoms with Gasteiger partial charge in [0.1, 0.15) is 23.7 Å². The Balaban J connectivity index is 0.978. The van der Waals surface area contributed by atoms with Crippen molar-refractivity contribution in [3.8, 4) is 22.5 Å². The second kappa shape index (κ2) is 14.4. The number of pyridine rings is 1. The standard InChI is InChI=1S/C39H43N9O6/c1-21(42-38(51)53-2)36(49)47-14-4-6-31(47)34-41-20-30(45-34)24-11-10-23-17-28(40-19-26(23)16-24)25-12-13-27-29(18-25)44-35(43-27)32-7-5-15-48(32)37(50)33(22-8-9-22)46-39(52)54-3/h10-13,16-22,31-33H,4-9,14-15H2,1-3H3,(H,41,45)(H,42,51)(H,43,44)(H,46,52)/t21-,31-,32-,33-/m0/s1. The van der Waals surface area contributed by atoms with Crippen LogP contribution in [0.3, 0.4) is 0 Å². The van der Waals surface area contributed by atoms with Crippen molar-refractivity contribution in [2.24, 2.45) is 5.92 Å². The van der Waals surface area contributed by atoms with Crippen LogP contribution in [0.15, 0.2) is 54.9 Å². The molecular formula is C39H43N9O6. The van der Waals surface area contributed by atoms with E-state index in [-0.39, 0.29) is 29.8 Å². The first-order valence-corrected chi connectivity index (χ1v) is 18.5. The van der Waals surface area contributed by atoms with Crippen LogP contribution >= 0.6 is 0 Å². The Bertz CT molecular complexity index is 2250. The lowest BCUT2D eigenvalue weighted by atomic mass is 10.0. The van der Waals surface area contributed by atoms with Gasteiger partial charge in [-0.1, -0.05) is 18.2 Å². The molecule has 3 fully saturated rings. The fourth-order valence-corrected chi connectivity index (χ4v) is 7.82. The quantitative estimate of drug-likeness (QED) is 0.154. The zero-order chi connectivity index (χ0) is 37.5. The van der Waals surface area contributed by atoms with E-state index < -0.39 is 24.3 Å². The summed E-state index contributed by atoms with van der Waals surface area (Å²) in [6.07, 6.45) is 7.49. The highest BCUT2D eigenvalue weighted by atomic mass is 16.5. The molecule has 4 amide bonds. The average molecular weight is 734 g/mol. The Morgan fingerprint density at radius 2 is 1.46 bits per heavy atom. The molecule has 2 aromatic carbocycles. The third kappa shape index (κ3) is 6.81. The molecule has 15 heteroatoms. The third-order valence-corrected chi connectivity index (χ3v) is 10.8. The summed E-state index contributed by atoms with van der Waals surface area (Å²) >= 11 is 0. The van der Waals surface area contributed by atoms with Crippen molar-refractivity contribution >= 4 is 45.8 Å². The molecular weight excluding hydrogens is 690 g/mol. The first-order chi connectivity index (χ1) is 26.2. The Morgan fingerprint density at radius 3 is 2.20 bits per heavy atom. The van der Waals surface area contributed by atoms with E-state index in [4.69, 9.17) is 14.7 Å². The Hall–Kier alpha value is -5.99. The van der Waals surface area contributed by atoms with Gasteiger partial charge in [-0.2, -0.15) is 0 Å². The molecule has 15 nitrogen and oxygen atoms in total. The normalized spacial score (nSPS) is 19.5. The number of methoxy groups -OCH3 is 2. The lowest BCUT2D eigenvalue weighted by Crippen LogP contribution is -2.49. The maximum absolute atomic E-state index is 13.6. The molecule has 2 aliphatic heterocycles. The van der Waals surface area contributed by atoms with Crippen LogP contribution in [0.25, 0.3) is 44.3 Å². The Kier molecular flexibility index (Phi) is 9.38. The lowest BCUT2D eigenvalue weighted by Gasteiger charge is -2.28. The van der Waals surface area contributed by atoms with E-state index in [0.717, 1.165) is 88.7 Å². The molecule has 4 atom stereocenters. The van der Waals surface area contributed by atoms with E-state index in [1.165, 1.54) is 14.2 Å². The largest absolute Gasteiger partial charge is 0.453 e. The highest BCUT2D eigenvalue weighted by Crippen LogP contribution is 2.38. The van der Waals surface area contributed by atoms with Crippen molar-refractivity contribution < 1.29 is 28.7 Å². The smallest absolute Gasteiger partial charge is 0.407 e. The minimum absolute atomic E-state index is 0.0866. The molecule has 2 saturated heterocycles. The van der Waals surface area contributed by atoms with Crippen LogP contribution in [0, 0.1) is 5.92 Å². The van der Waals surface area contributed by atoms with Crippen LogP contribution in [0.2, 0.25) is 0 Å². The van der Waals surface area contributed by atoms with Crippen molar-refractivity contribution in [1.82, 2.24) is 45.4 Å². The predicted molar refractivity (Wildman–Crippen MR) is 199 cm³/mol. The van der Waals surface area contributed by atoms with E-state index >= 15 is 0 Å². The molecule has 3 aliphatic rings. The maximum Gasteiger partial charge on any atom is 0.407 e. The summed E-state index contributed by atoms with van der Waals surface area (Å²) in [5, 5.41) is 7.31. The highest BCUT2D eigenvalue weighted by Gasteiger charge is 2.43. The van der Waals surface area contributed by atoms with Crippen LogP contribution in [0.5, 0.6) is 0 Å². The number of rotatable bonds is 9. The number of alkyl carbamates (subject to hydrolysis) is 2. The summed E-state index contributed by atoms with van der Waals surface area (Å²) in [6, 6.07) is 12.5. The zero-order valence-corrected chi connectivity index (χ0v) is 30.4.